The number of aromatic nitrogens is 2. The van der Waals surface area contributed by atoms with Gasteiger partial charge in [0, 0.05) is 22.6 Å². The van der Waals surface area contributed by atoms with Crippen LogP contribution in [0.1, 0.15) is 5.82 Å². The van der Waals surface area contributed by atoms with Crippen LogP contribution in [0.25, 0.3) is 0 Å². The van der Waals surface area contributed by atoms with Crippen molar-refractivity contribution >= 4 is 43.7 Å². The van der Waals surface area contributed by atoms with Gasteiger partial charge in [0.1, 0.15) is 10.0 Å². The number of hydrogen-bond donors (Lipinski definition) is 2. The van der Waals surface area contributed by atoms with E-state index >= 15 is 0 Å². The van der Waals surface area contributed by atoms with E-state index in [2.05, 4.69) is 14.1 Å². The summed E-state index contributed by atoms with van der Waals surface area (Å²) in [6, 6.07) is 1.40. The zero-order valence-electron chi connectivity index (χ0n) is 8.17. The van der Waals surface area contributed by atoms with Crippen LogP contribution in [0.3, 0.4) is 0 Å². The molecule has 0 unspecified atom stereocenters. The van der Waals surface area contributed by atoms with E-state index < -0.39 is 10.0 Å². The summed E-state index contributed by atoms with van der Waals surface area (Å²) in [7, 11) is -3.58. The molecular formula is C7H8N4O2S3. The van der Waals surface area contributed by atoms with E-state index in [0.29, 0.717) is 11.5 Å². The average Bonchev–Trinajstić information content (AvgIpc) is 2.75. The SMILES string of the molecule is Cc1nsc(NS(=O)(=O)c2cc(N)cs2)n1. The van der Waals surface area contributed by atoms with Crippen LogP contribution in [-0.2, 0) is 10.0 Å². The van der Waals surface area contributed by atoms with Gasteiger partial charge in [-0.3, -0.25) is 4.72 Å². The lowest BCUT2D eigenvalue weighted by Crippen LogP contribution is -2.11. The lowest BCUT2D eigenvalue weighted by atomic mass is 10.6. The Labute approximate surface area is 100 Å². The molecule has 0 atom stereocenters. The molecule has 0 aliphatic carbocycles. The minimum absolute atomic E-state index is 0.165. The van der Waals surface area contributed by atoms with Gasteiger partial charge < -0.3 is 5.73 Å². The molecule has 2 heterocycles. The summed E-state index contributed by atoms with van der Waals surface area (Å²) in [6.07, 6.45) is 0. The quantitative estimate of drug-likeness (QED) is 0.880. The Morgan fingerprint density at radius 1 is 1.50 bits per heavy atom. The zero-order chi connectivity index (χ0) is 11.8. The molecule has 9 heteroatoms. The molecule has 0 amide bonds. The van der Waals surface area contributed by atoms with Crippen LogP contribution in [0.2, 0.25) is 0 Å². The number of aryl methyl sites for hydroxylation is 1. The number of rotatable bonds is 3. The van der Waals surface area contributed by atoms with Crippen LogP contribution < -0.4 is 10.5 Å². The van der Waals surface area contributed by atoms with Crippen LogP contribution in [0.15, 0.2) is 15.7 Å². The van der Waals surface area contributed by atoms with Gasteiger partial charge in [0.05, 0.1) is 0 Å². The van der Waals surface area contributed by atoms with E-state index in [0.717, 1.165) is 22.9 Å². The number of hydrogen-bond acceptors (Lipinski definition) is 7. The third-order valence-corrected chi connectivity index (χ3v) is 5.26. The van der Waals surface area contributed by atoms with E-state index in [-0.39, 0.29) is 9.34 Å². The fraction of sp³-hybridized carbons (Fsp3) is 0.143. The molecule has 2 aromatic heterocycles. The van der Waals surface area contributed by atoms with E-state index in [1.54, 1.807) is 12.3 Å². The summed E-state index contributed by atoms with van der Waals surface area (Å²) in [5.74, 6) is 0.536. The van der Waals surface area contributed by atoms with Crippen molar-refractivity contribution in [3.05, 3.63) is 17.3 Å². The van der Waals surface area contributed by atoms with Gasteiger partial charge in [-0.25, -0.2) is 13.4 Å². The lowest BCUT2D eigenvalue weighted by Gasteiger charge is -2.00. The van der Waals surface area contributed by atoms with Gasteiger partial charge >= 0.3 is 0 Å². The highest BCUT2D eigenvalue weighted by Crippen LogP contribution is 2.24. The van der Waals surface area contributed by atoms with Crippen molar-refractivity contribution < 1.29 is 8.42 Å². The number of anilines is 2. The second-order valence-corrected chi connectivity index (χ2v) is 6.52. The molecule has 0 bridgehead atoms. The number of thiophene rings is 1. The summed E-state index contributed by atoms with van der Waals surface area (Å²) in [6.45, 7) is 1.69. The number of nitrogens with two attached hydrogens (primary N) is 1. The second-order valence-electron chi connectivity index (χ2n) is 2.95. The Morgan fingerprint density at radius 3 is 2.75 bits per heavy atom. The lowest BCUT2D eigenvalue weighted by molar-refractivity contribution is 0.603. The number of nitrogen functional groups attached to an aromatic ring is 1. The predicted molar refractivity (Wildman–Crippen MR) is 64.2 cm³/mol. The summed E-state index contributed by atoms with van der Waals surface area (Å²) in [5.41, 5.74) is 5.90. The first-order valence-electron chi connectivity index (χ1n) is 4.14. The van der Waals surface area contributed by atoms with Crippen LogP contribution in [-0.4, -0.2) is 17.8 Å². The topological polar surface area (TPSA) is 98.0 Å². The normalized spacial score (nSPS) is 11.6. The standard InChI is InChI=1S/C7H8N4O2S3/c1-4-9-7(15-10-4)11-16(12,13)6-2-5(8)3-14-6/h2-3H,8H2,1H3,(H,9,10,11). The largest absolute Gasteiger partial charge is 0.398 e. The Hall–Kier alpha value is -1.19. The van der Waals surface area contributed by atoms with Crippen molar-refractivity contribution in [2.75, 3.05) is 10.5 Å². The molecule has 3 N–H and O–H groups in total. The summed E-state index contributed by atoms with van der Waals surface area (Å²) < 4.78 is 30.0. The van der Waals surface area contributed by atoms with Gasteiger partial charge in [-0.15, -0.1) is 11.3 Å². The zero-order valence-corrected chi connectivity index (χ0v) is 10.6. The van der Waals surface area contributed by atoms with Gasteiger partial charge in [0.25, 0.3) is 10.0 Å². The molecule has 0 aromatic carbocycles. The average molecular weight is 276 g/mol. The first-order chi connectivity index (χ1) is 7.47. The maximum atomic E-state index is 11.8. The van der Waals surface area contributed by atoms with Crippen LogP contribution in [0.5, 0.6) is 0 Å². The highest BCUT2D eigenvalue weighted by molar-refractivity contribution is 7.94. The predicted octanol–water partition coefficient (Wildman–Crippen LogP) is 1.29. The van der Waals surface area contributed by atoms with Gasteiger partial charge in [0.2, 0.25) is 5.13 Å². The molecule has 2 aromatic rings. The molecular weight excluding hydrogens is 268 g/mol. The summed E-state index contributed by atoms with van der Waals surface area (Å²) in [4.78, 5) is 3.92. The van der Waals surface area contributed by atoms with E-state index in [4.69, 9.17) is 5.73 Å². The van der Waals surface area contributed by atoms with Gasteiger partial charge in [-0.1, -0.05) is 0 Å². The van der Waals surface area contributed by atoms with Gasteiger partial charge in [-0.2, -0.15) is 4.37 Å². The maximum Gasteiger partial charge on any atom is 0.273 e. The molecule has 6 nitrogen and oxygen atoms in total. The van der Waals surface area contributed by atoms with Crippen molar-refractivity contribution in [1.82, 2.24) is 9.36 Å². The highest BCUT2D eigenvalue weighted by Gasteiger charge is 2.18. The van der Waals surface area contributed by atoms with Crippen molar-refractivity contribution in [1.29, 1.82) is 0 Å². The highest BCUT2D eigenvalue weighted by atomic mass is 32.2. The molecule has 16 heavy (non-hydrogen) atoms. The molecule has 86 valence electrons. The van der Waals surface area contributed by atoms with Gasteiger partial charge in [0.15, 0.2) is 0 Å². The summed E-state index contributed by atoms with van der Waals surface area (Å²) >= 11 is 2.06. The Balaban J connectivity index is 2.27. The van der Waals surface area contributed by atoms with E-state index in [1.807, 2.05) is 0 Å². The third-order valence-electron chi connectivity index (χ3n) is 1.61. The summed E-state index contributed by atoms with van der Waals surface area (Å²) in [5, 5.41) is 1.82. The van der Waals surface area contributed by atoms with Crippen molar-refractivity contribution in [2.45, 2.75) is 11.1 Å². The van der Waals surface area contributed by atoms with Gasteiger partial charge in [-0.05, 0) is 13.0 Å². The molecule has 0 saturated carbocycles. The Bertz CT molecular complexity index is 601. The molecule has 0 radical (unpaired) electrons. The van der Waals surface area contributed by atoms with Crippen LogP contribution >= 0.6 is 22.9 Å². The van der Waals surface area contributed by atoms with Crippen molar-refractivity contribution in [3.8, 4) is 0 Å². The monoisotopic (exact) mass is 276 g/mol. The number of sulfonamides is 1. The molecule has 0 aliphatic heterocycles. The maximum absolute atomic E-state index is 11.8. The van der Waals surface area contributed by atoms with E-state index in [1.165, 1.54) is 6.07 Å². The molecule has 0 aliphatic rings. The fourth-order valence-corrected chi connectivity index (χ4v) is 3.85. The minimum atomic E-state index is -3.58. The smallest absolute Gasteiger partial charge is 0.273 e. The van der Waals surface area contributed by atoms with Crippen molar-refractivity contribution in [2.24, 2.45) is 0 Å². The van der Waals surface area contributed by atoms with E-state index in [9.17, 15) is 8.42 Å². The Morgan fingerprint density at radius 2 is 2.25 bits per heavy atom. The van der Waals surface area contributed by atoms with Crippen LogP contribution in [0, 0.1) is 6.92 Å². The molecule has 0 saturated heterocycles. The molecule has 0 spiro atoms. The first-order valence-corrected chi connectivity index (χ1v) is 7.28. The fourth-order valence-electron chi connectivity index (χ4n) is 0.975. The number of nitrogens with one attached hydrogen (secondary N) is 1. The van der Waals surface area contributed by atoms with Crippen molar-refractivity contribution in [3.63, 3.8) is 0 Å². The van der Waals surface area contributed by atoms with Crippen LogP contribution in [0.4, 0.5) is 10.8 Å². The Kier molecular flexibility index (Phi) is 2.82. The second kappa shape index (κ2) is 4.00. The minimum Gasteiger partial charge on any atom is -0.398 e. The molecule has 2 rings (SSSR count). The first kappa shape index (κ1) is 11.3. The molecule has 0 fully saturated rings. The number of nitrogens with zero attached hydrogens (tertiary/aromatic N) is 2. The third kappa shape index (κ3) is 2.31.